The Morgan fingerprint density at radius 2 is 1.86 bits per heavy atom. The molecule has 0 bridgehead atoms. The fourth-order valence-electron chi connectivity index (χ4n) is 5.17. The van der Waals surface area contributed by atoms with Crippen molar-refractivity contribution in [3.63, 3.8) is 0 Å². The van der Waals surface area contributed by atoms with Crippen molar-refractivity contribution in [3.05, 3.63) is 70.5 Å². The lowest BCUT2D eigenvalue weighted by Gasteiger charge is -2.31. The number of ether oxygens (including phenoxy) is 1. The van der Waals surface area contributed by atoms with Crippen LogP contribution in [0.5, 0.6) is 0 Å². The number of fused-ring (bicyclic) bond motifs is 1. The first-order valence-corrected chi connectivity index (χ1v) is 12.7. The summed E-state index contributed by atoms with van der Waals surface area (Å²) >= 11 is 0. The summed E-state index contributed by atoms with van der Waals surface area (Å²) in [6, 6.07) is 13.3. The molecule has 3 rings (SSSR count). The molecule has 2 atom stereocenters. The Kier molecular flexibility index (Phi) is 9.84. The minimum absolute atomic E-state index is 0.0978. The molecule has 0 saturated heterocycles. The van der Waals surface area contributed by atoms with Crippen LogP contribution in [-0.4, -0.2) is 41.0 Å². The van der Waals surface area contributed by atoms with Crippen molar-refractivity contribution < 1.29 is 24.1 Å². The van der Waals surface area contributed by atoms with E-state index in [-0.39, 0.29) is 30.5 Å². The van der Waals surface area contributed by atoms with E-state index in [0.717, 1.165) is 30.4 Å². The van der Waals surface area contributed by atoms with Crippen LogP contribution in [0, 0.1) is 11.7 Å². The molecule has 0 amide bonds. The summed E-state index contributed by atoms with van der Waals surface area (Å²) in [6.07, 6.45) is 4.23. The molecule has 35 heavy (non-hydrogen) atoms. The first-order chi connectivity index (χ1) is 16.6. The number of carboxylic acid groups (broad SMARTS) is 1. The number of nitrogens with one attached hydrogen (secondary N) is 1. The van der Waals surface area contributed by atoms with Crippen molar-refractivity contribution in [2.45, 2.75) is 83.5 Å². The van der Waals surface area contributed by atoms with Gasteiger partial charge in [0.1, 0.15) is 5.82 Å². The summed E-state index contributed by atoms with van der Waals surface area (Å²) in [5, 5.41) is 22.9. The number of benzene rings is 2. The number of aliphatic hydroxyl groups excluding tert-OH is 1. The summed E-state index contributed by atoms with van der Waals surface area (Å²) in [5.74, 6) is -0.526. The van der Waals surface area contributed by atoms with Crippen molar-refractivity contribution in [1.29, 1.82) is 0 Å². The zero-order valence-corrected chi connectivity index (χ0v) is 21.2. The number of halogens is 1. The third kappa shape index (κ3) is 8.71. The Hall–Kier alpha value is -2.28. The SMILES string of the molecule is C[C@@H](OC[C@H](O)CNC(C)(C)CC1Cc2ccccc2C1)c1ccc(F)cc1CCCCC(=O)O. The zero-order valence-electron chi connectivity index (χ0n) is 21.2. The van der Waals surface area contributed by atoms with Crippen molar-refractivity contribution in [2.75, 3.05) is 13.2 Å². The molecule has 1 aliphatic rings. The second-order valence-corrected chi connectivity index (χ2v) is 10.6. The second-order valence-electron chi connectivity index (χ2n) is 10.6. The van der Waals surface area contributed by atoms with Crippen LogP contribution >= 0.6 is 0 Å². The highest BCUT2D eigenvalue weighted by Gasteiger charge is 2.28. The van der Waals surface area contributed by atoms with Gasteiger partial charge in [0.2, 0.25) is 0 Å². The van der Waals surface area contributed by atoms with Gasteiger partial charge in [-0.1, -0.05) is 30.3 Å². The Morgan fingerprint density at radius 1 is 1.17 bits per heavy atom. The quantitative estimate of drug-likeness (QED) is 0.319. The van der Waals surface area contributed by atoms with Gasteiger partial charge in [-0.3, -0.25) is 4.79 Å². The van der Waals surface area contributed by atoms with Gasteiger partial charge in [0.25, 0.3) is 0 Å². The Bertz CT molecular complexity index is 952. The van der Waals surface area contributed by atoms with Crippen LogP contribution in [-0.2, 0) is 28.8 Å². The van der Waals surface area contributed by atoms with Crippen molar-refractivity contribution in [2.24, 2.45) is 5.92 Å². The third-order valence-electron chi connectivity index (χ3n) is 6.92. The first kappa shape index (κ1) is 27.3. The summed E-state index contributed by atoms with van der Waals surface area (Å²) in [7, 11) is 0. The maximum Gasteiger partial charge on any atom is 0.303 e. The smallest absolute Gasteiger partial charge is 0.303 e. The first-order valence-electron chi connectivity index (χ1n) is 12.7. The number of rotatable bonds is 14. The molecule has 0 aliphatic heterocycles. The van der Waals surface area contributed by atoms with E-state index in [1.54, 1.807) is 6.07 Å². The molecule has 0 spiro atoms. The Morgan fingerprint density at radius 3 is 2.51 bits per heavy atom. The number of unbranched alkanes of at least 4 members (excludes halogenated alkanes) is 1. The molecule has 3 N–H and O–H groups in total. The molecule has 0 unspecified atom stereocenters. The molecule has 0 radical (unpaired) electrons. The predicted molar refractivity (Wildman–Crippen MR) is 136 cm³/mol. The van der Waals surface area contributed by atoms with E-state index < -0.39 is 12.1 Å². The van der Waals surface area contributed by atoms with Crippen LogP contribution < -0.4 is 5.32 Å². The molecule has 0 saturated carbocycles. The van der Waals surface area contributed by atoms with Gasteiger partial charge >= 0.3 is 5.97 Å². The standard InChI is InChI=1S/C29H40FNO4/c1-20(27-13-12-25(30)16-24(27)10-6-7-11-28(33)34)35-19-26(32)18-31-29(2,3)17-21-14-22-8-4-5-9-23(22)15-21/h4-5,8-9,12-13,16,20-21,26,31-32H,6-7,10-11,14-15,17-19H2,1-3H3,(H,33,34)/t20-,26-/m1/s1. The van der Waals surface area contributed by atoms with Crippen LogP contribution in [0.3, 0.4) is 0 Å². The molecule has 192 valence electrons. The average Bonchev–Trinajstić information content (AvgIpc) is 3.20. The number of aryl methyl sites for hydroxylation is 1. The summed E-state index contributed by atoms with van der Waals surface area (Å²) < 4.78 is 19.8. The maximum atomic E-state index is 13.8. The van der Waals surface area contributed by atoms with Gasteiger partial charge in [0.15, 0.2) is 0 Å². The zero-order chi connectivity index (χ0) is 25.4. The van der Waals surface area contributed by atoms with Gasteiger partial charge in [0, 0.05) is 18.5 Å². The average molecular weight is 486 g/mol. The maximum absolute atomic E-state index is 13.8. The van der Waals surface area contributed by atoms with Crippen molar-refractivity contribution in [3.8, 4) is 0 Å². The number of β-amino-alcohol motifs (C(OH)–C–C–N with tert-alkyl or cyclic N) is 1. The number of hydrogen-bond donors (Lipinski definition) is 3. The minimum atomic E-state index is -0.819. The molecule has 1 aliphatic carbocycles. The lowest BCUT2D eigenvalue weighted by Crippen LogP contribution is -2.45. The van der Waals surface area contributed by atoms with E-state index in [0.29, 0.717) is 31.7 Å². The summed E-state index contributed by atoms with van der Waals surface area (Å²) in [5.41, 5.74) is 4.52. The molecule has 5 nitrogen and oxygen atoms in total. The number of aliphatic carboxylic acids is 1. The fourth-order valence-corrected chi connectivity index (χ4v) is 5.17. The summed E-state index contributed by atoms with van der Waals surface area (Å²) in [4.78, 5) is 10.7. The topological polar surface area (TPSA) is 78.8 Å². The minimum Gasteiger partial charge on any atom is -0.481 e. The third-order valence-corrected chi connectivity index (χ3v) is 6.92. The van der Waals surface area contributed by atoms with Crippen LogP contribution in [0.2, 0.25) is 0 Å². The van der Waals surface area contributed by atoms with Crippen molar-refractivity contribution in [1.82, 2.24) is 5.32 Å². The van der Waals surface area contributed by atoms with Gasteiger partial charge in [-0.15, -0.1) is 0 Å². The van der Waals surface area contributed by atoms with Gasteiger partial charge in [0.05, 0.1) is 18.8 Å². The Labute approximate surface area is 208 Å². The van der Waals surface area contributed by atoms with E-state index in [4.69, 9.17) is 9.84 Å². The highest BCUT2D eigenvalue weighted by molar-refractivity contribution is 5.66. The summed E-state index contributed by atoms with van der Waals surface area (Å²) in [6.45, 7) is 6.87. The van der Waals surface area contributed by atoms with Crippen LogP contribution in [0.25, 0.3) is 0 Å². The Balaban J connectivity index is 1.43. The number of hydrogen-bond acceptors (Lipinski definition) is 4. The van der Waals surface area contributed by atoms with Crippen LogP contribution in [0.4, 0.5) is 4.39 Å². The second kappa shape index (κ2) is 12.6. The highest BCUT2D eigenvalue weighted by atomic mass is 19.1. The van der Waals surface area contributed by atoms with E-state index in [1.165, 1.54) is 23.3 Å². The molecule has 2 aromatic carbocycles. The lowest BCUT2D eigenvalue weighted by atomic mass is 9.88. The van der Waals surface area contributed by atoms with Gasteiger partial charge in [-0.25, -0.2) is 4.39 Å². The fraction of sp³-hybridized carbons (Fsp3) is 0.552. The molecule has 0 heterocycles. The van der Waals surface area contributed by atoms with Gasteiger partial charge < -0.3 is 20.3 Å². The number of carboxylic acids is 1. The van der Waals surface area contributed by atoms with E-state index in [1.807, 2.05) is 6.92 Å². The molecular formula is C29H40FNO4. The van der Waals surface area contributed by atoms with Gasteiger partial charge in [-0.2, -0.15) is 0 Å². The highest BCUT2D eigenvalue weighted by Crippen LogP contribution is 2.32. The molecular weight excluding hydrogens is 445 g/mol. The monoisotopic (exact) mass is 485 g/mol. The molecule has 0 aromatic heterocycles. The molecule has 0 fully saturated rings. The van der Waals surface area contributed by atoms with Gasteiger partial charge in [-0.05, 0) is 99.6 Å². The van der Waals surface area contributed by atoms with Crippen LogP contribution in [0.15, 0.2) is 42.5 Å². The van der Waals surface area contributed by atoms with E-state index >= 15 is 0 Å². The number of carbonyl (C=O) groups is 1. The number of aliphatic hydroxyl groups is 1. The normalized spacial score (nSPS) is 15.7. The van der Waals surface area contributed by atoms with Crippen LogP contribution in [0.1, 0.15) is 74.8 Å². The van der Waals surface area contributed by atoms with E-state index in [9.17, 15) is 14.3 Å². The molecule has 6 heteroatoms. The molecule has 2 aromatic rings. The predicted octanol–water partition coefficient (Wildman–Crippen LogP) is 5.23. The lowest BCUT2D eigenvalue weighted by molar-refractivity contribution is -0.137. The largest absolute Gasteiger partial charge is 0.481 e. The van der Waals surface area contributed by atoms with Crippen molar-refractivity contribution >= 4 is 5.97 Å². The van der Waals surface area contributed by atoms with E-state index in [2.05, 4.69) is 43.4 Å².